The molecule has 9 heteroatoms. The Morgan fingerprint density at radius 3 is 3.00 bits per heavy atom. The first-order valence-electron chi connectivity index (χ1n) is 9.10. The maximum Gasteiger partial charge on any atom is 0.381 e. The van der Waals surface area contributed by atoms with E-state index in [4.69, 9.17) is 0 Å². The number of aryl methyl sites for hydroxylation is 2. The van der Waals surface area contributed by atoms with Crippen LogP contribution in [0.3, 0.4) is 0 Å². The number of nitro groups is 1. The van der Waals surface area contributed by atoms with E-state index in [9.17, 15) is 14.9 Å². The van der Waals surface area contributed by atoms with Crippen molar-refractivity contribution in [1.29, 1.82) is 0 Å². The largest absolute Gasteiger partial charge is 0.381 e. The van der Waals surface area contributed by atoms with E-state index in [-0.39, 0.29) is 18.1 Å². The molecule has 28 heavy (non-hydrogen) atoms. The number of imidazole rings is 1. The van der Waals surface area contributed by atoms with E-state index in [1.54, 1.807) is 17.7 Å². The third-order valence-corrected chi connectivity index (χ3v) is 5.08. The van der Waals surface area contributed by atoms with E-state index in [0.717, 1.165) is 23.0 Å². The Morgan fingerprint density at radius 1 is 1.43 bits per heavy atom. The highest BCUT2D eigenvalue weighted by Gasteiger charge is 2.21. The Labute approximate surface area is 160 Å². The Bertz CT molecular complexity index is 1080. The lowest BCUT2D eigenvalue weighted by Crippen LogP contribution is -2.35. The average Bonchev–Trinajstić information content (AvgIpc) is 3.30. The third kappa shape index (κ3) is 3.38. The lowest BCUT2D eigenvalue weighted by Gasteiger charge is -2.26. The van der Waals surface area contributed by atoms with Crippen LogP contribution < -0.4 is 0 Å². The summed E-state index contributed by atoms with van der Waals surface area (Å²) in [6.07, 6.45) is 8.26. The van der Waals surface area contributed by atoms with Gasteiger partial charge >= 0.3 is 5.82 Å². The quantitative estimate of drug-likeness (QED) is 0.540. The number of pyridine rings is 1. The van der Waals surface area contributed by atoms with E-state index in [1.165, 1.54) is 11.8 Å². The molecule has 0 bridgehead atoms. The normalized spacial score (nSPS) is 14.3. The number of nitrogens with zero attached hydrogens (tertiary/aromatic N) is 5. The molecule has 3 aromatic heterocycles. The van der Waals surface area contributed by atoms with Crippen LogP contribution in [0.2, 0.25) is 0 Å². The van der Waals surface area contributed by atoms with Crippen LogP contribution in [0.1, 0.15) is 24.2 Å². The molecule has 0 saturated heterocycles. The monoisotopic (exact) mass is 380 g/mol. The Morgan fingerprint density at radius 2 is 2.29 bits per heavy atom. The van der Waals surface area contributed by atoms with Gasteiger partial charge in [0.1, 0.15) is 11.8 Å². The summed E-state index contributed by atoms with van der Waals surface area (Å²) in [7, 11) is 0. The number of carbonyl (C=O) groups excluding carboxylic acids is 1. The molecule has 0 aliphatic carbocycles. The van der Waals surface area contributed by atoms with E-state index in [2.05, 4.69) is 21.0 Å². The first-order valence-corrected chi connectivity index (χ1v) is 9.10. The predicted molar refractivity (Wildman–Crippen MR) is 104 cm³/mol. The number of amides is 1. The highest BCUT2D eigenvalue weighted by molar-refractivity contribution is 5.91. The lowest BCUT2D eigenvalue weighted by atomic mass is 9.99. The van der Waals surface area contributed by atoms with Gasteiger partial charge in [0.2, 0.25) is 11.7 Å². The minimum absolute atomic E-state index is 0.0339. The second-order valence-electron chi connectivity index (χ2n) is 6.77. The number of aromatic amines is 1. The topological polar surface area (TPSA) is 110 Å². The van der Waals surface area contributed by atoms with Crippen LogP contribution in [-0.4, -0.2) is 48.3 Å². The second-order valence-corrected chi connectivity index (χ2v) is 6.77. The van der Waals surface area contributed by atoms with Gasteiger partial charge in [0.05, 0.1) is 0 Å². The number of fused-ring (bicyclic) bond motifs is 1. The highest BCUT2D eigenvalue weighted by Crippen LogP contribution is 2.28. The summed E-state index contributed by atoms with van der Waals surface area (Å²) in [5.74, 6) is 0.378. The van der Waals surface area contributed by atoms with Gasteiger partial charge in [-0.15, -0.1) is 0 Å². The molecular formula is C19H20N6O3. The number of nitrogens with one attached hydrogen (secondary N) is 1. The van der Waals surface area contributed by atoms with Crippen molar-refractivity contribution in [3.8, 4) is 0 Å². The van der Waals surface area contributed by atoms with E-state index in [1.807, 2.05) is 23.2 Å². The van der Waals surface area contributed by atoms with Crippen LogP contribution in [0.4, 0.5) is 5.82 Å². The van der Waals surface area contributed by atoms with Crippen molar-refractivity contribution >= 4 is 28.3 Å². The first kappa shape index (κ1) is 17.9. The van der Waals surface area contributed by atoms with Crippen LogP contribution in [0.15, 0.2) is 36.8 Å². The fourth-order valence-corrected chi connectivity index (χ4v) is 3.54. The molecule has 0 atom stereocenters. The molecule has 4 rings (SSSR count). The van der Waals surface area contributed by atoms with Crippen LogP contribution in [0, 0.1) is 17.0 Å². The van der Waals surface area contributed by atoms with Crippen LogP contribution >= 0.6 is 0 Å². The molecule has 0 saturated carbocycles. The maximum absolute atomic E-state index is 12.5. The molecule has 0 radical (unpaired) electrons. The van der Waals surface area contributed by atoms with Crippen molar-refractivity contribution in [3.63, 3.8) is 0 Å². The highest BCUT2D eigenvalue weighted by atomic mass is 16.6. The fourth-order valence-electron chi connectivity index (χ4n) is 3.54. The molecule has 1 N–H and O–H groups in total. The molecule has 1 amide bonds. The fraction of sp³-hybridized carbons (Fsp3) is 0.316. The summed E-state index contributed by atoms with van der Waals surface area (Å²) < 4.78 is 1.65. The number of H-pyrrole nitrogens is 1. The maximum atomic E-state index is 12.5. The lowest BCUT2D eigenvalue weighted by molar-refractivity contribution is -0.389. The number of hydrogen-bond acceptors (Lipinski definition) is 5. The van der Waals surface area contributed by atoms with E-state index >= 15 is 0 Å². The van der Waals surface area contributed by atoms with Crippen molar-refractivity contribution in [2.24, 2.45) is 0 Å². The van der Waals surface area contributed by atoms with Gasteiger partial charge in [0.15, 0.2) is 0 Å². The van der Waals surface area contributed by atoms with Crippen LogP contribution in [0.25, 0.3) is 16.6 Å². The van der Waals surface area contributed by atoms with Crippen molar-refractivity contribution in [1.82, 2.24) is 24.4 Å². The van der Waals surface area contributed by atoms with Gasteiger partial charge in [-0.3, -0.25) is 4.79 Å². The van der Waals surface area contributed by atoms with Gasteiger partial charge in [-0.2, -0.15) is 0 Å². The molecular weight excluding hydrogens is 360 g/mol. The van der Waals surface area contributed by atoms with Gasteiger partial charge in [-0.1, -0.05) is 6.08 Å². The zero-order valence-corrected chi connectivity index (χ0v) is 15.5. The van der Waals surface area contributed by atoms with Crippen LogP contribution in [0.5, 0.6) is 0 Å². The number of carbonyl (C=O) groups is 1. The first-order chi connectivity index (χ1) is 13.5. The minimum atomic E-state index is -0.525. The standard InChI is InChI=1S/C19H20N6O3/c1-13-22-17(25(27)28)12-24(13)10-6-18(26)23-8-4-14(5-9-23)16-11-21-19-15(16)3-2-7-20-19/h2-4,7,11-12H,5-6,8-10H2,1H3,(H,20,21). The summed E-state index contributed by atoms with van der Waals surface area (Å²) >= 11 is 0. The average molecular weight is 380 g/mol. The van der Waals surface area contributed by atoms with Gasteiger partial charge in [0, 0.05) is 56.3 Å². The predicted octanol–water partition coefficient (Wildman–Crippen LogP) is 2.68. The molecule has 9 nitrogen and oxygen atoms in total. The van der Waals surface area contributed by atoms with Crippen LogP contribution in [-0.2, 0) is 11.3 Å². The molecule has 0 fully saturated rings. The van der Waals surface area contributed by atoms with Crippen molar-refractivity contribution in [2.45, 2.75) is 26.3 Å². The zero-order chi connectivity index (χ0) is 19.7. The number of hydrogen-bond donors (Lipinski definition) is 1. The molecule has 0 spiro atoms. The summed E-state index contributed by atoms with van der Waals surface area (Å²) in [6, 6.07) is 3.96. The molecule has 1 aliphatic rings. The molecule has 3 aromatic rings. The smallest absolute Gasteiger partial charge is 0.358 e. The van der Waals surface area contributed by atoms with Crippen molar-refractivity contribution in [3.05, 3.63) is 58.3 Å². The van der Waals surface area contributed by atoms with Crippen molar-refractivity contribution in [2.75, 3.05) is 13.1 Å². The van der Waals surface area contributed by atoms with Gasteiger partial charge < -0.3 is 24.6 Å². The molecule has 0 unspecified atom stereocenters. The second kappa shape index (κ2) is 7.26. The van der Waals surface area contributed by atoms with E-state index in [0.29, 0.717) is 25.5 Å². The van der Waals surface area contributed by atoms with Crippen molar-refractivity contribution < 1.29 is 9.72 Å². The number of rotatable bonds is 5. The van der Waals surface area contributed by atoms with Gasteiger partial charge in [-0.05, 0) is 34.0 Å². The summed E-state index contributed by atoms with van der Waals surface area (Å²) in [5, 5.41) is 11.9. The molecule has 4 heterocycles. The number of aromatic nitrogens is 4. The molecule has 144 valence electrons. The molecule has 0 aromatic carbocycles. The SMILES string of the molecule is Cc1nc([N+](=O)[O-])cn1CCC(=O)N1CC=C(c2c[nH]c3ncccc23)CC1. The Hall–Kier alpha value is -3.49. The van der Waals surface area contributed by atoms with Gasteiger partial charge in [0.25, 0.3) is 0 Å². The van der Waals surface area contributed by atoms with Gasteiger partial charge in [-0.25, -0.2) is 4.98 Å². The Balaban J connectivity index is 1.39. The Kier molecular flexibility index (Phi) is 4.64. The summed E-state index contributed by atoms with van der Waals surface area (Å²) in [4.78, 5) is 36.0. The summed E-state index contributed by atoms with van der Waals surface area (Å²) in [5.41, 5.74) is 3.21. The zero-order valence-electron chi connectivity index (χ0n) is 15.5. The van der Waals surface area contributed by atoms with E-state index < -0.39 is 4.92 Å². The minimum Gasteiger partial charge on any atom is -0.358 e. The summed E-state index contributed by atoms with van der Waals surface area (Å²) in [6.45, 7) is 3.29. The molecule has 1 aliphatic heterocycles. The third-order valence-electron chi connectivity index (χ3n) is 5.08.